The molecule has 1 saturated heterocycles. The van der Waals surface area contributed by atoms with Crippen molar-refractivity contribution in [1.29, 1.82) is 0 Å². The molecule has 9 atom stereocenters. The zero-order chi connectivity index (χ0) is 41.3. The fraction of sp³-hybridized carbons (Fsp3) is 0.800. The molecule has 0 spiro atoms. The van der Waals surface area contributed by atoms with E-state index in [1.54, 1.807) is 19.9 Å². The maximum atomic E-state index is 14.8. The van der Waals surface area contributed by atoms with E-state index in [2.05, 4.69) is 45.1 Å². The molecule has 6 rings (SSSR count). The van der Waals surface area contributed by atoms with Crippen molar-refractivity contribution < 1.29 is 38.1 Å². The number of hydrogen-bond donors (Lipinski definition) is 0. The van der Waals surface area contributed by atoms with Gasteiger partial charge in [-0.15, -0.1) is 0 Å². The van der Waals surface area contributed by atoms with Crippen molar-refractivity contribution >= 4 is 23.5 Å². The van der Waals surface area contributed by atoms with Crippen molar-refractivity contribution in [2.75, 3.05) is 6.61 Å². The molecule has 0 radical (unpaired) electrons. The highest BCUT2D eigenvalue weighted by atomic mass is 16.7. The summed E-state index contributed by atoms with van der Waals surface area (Å²) in [6, 6.07) is 0. The van der Waals surface area contributed by atoms with Crippen LogP contribution in [0.1, 0.15) is 182 Å². The third kappa shape index (κ3) is 9.64. The maximum absolute atomic E-state index is 14.8. The van der Waals surface area contributed by atoms with Gasteiger partial charge in [-0.2, -0.15) is 0 Å². The molecule has 5 aliphatic carbocycles. The molecule has 0 amide bonds. The standard InChI is InChI=1S/C50H76O8/c1-6-7-8-9-10-11-12-13-14-15-16-17-18-19-23-26-44(53)56-41-33-49(5)40(39-28-27-37-31-38(51)29-30-48(37,4)45(39)41)32-43-50(49,42(52)34-55-46(54)35(2)3)58-47(57-43)36-24-21-20-22-25-36/h16-17,27,29-30,35-36,39-41,43,45,47H,6-15,18-26,28,31-34H2,1-5H3/t39-,40-,41-,43+,45+,47+,48-,49-,50+/m0/s1. The van der Waals surface area contributed by atoms with E-state index in [1.807, 2.05) is 0 Å². The average molecular weight is 805 g/mol. The van der Waals surface area contributed by atoms with Gasteiger partial charge in [-0.1, -0.05) is 135 Å². The van der Waals surface area contributed by atoms with Crippen LogP contribution in [0.5, 0.6) is 0 Å². The number of ether oxygens (including phenoxy) is 4. The van der Waals surface area contributed by atoms with Crippen LogP contribution in [0, 0.1) is 40.4 Å². The first-order valence-corrected chi connectivity index (χ1v) is 23.7. The Morgan fingerprint density at radius 3 is 2.28 bits per heavy atom. The lowest BCUT2D eigenvalue weighted by Crippen LogP contribution is -2.64. The van der Waals surface area contributed by atoms with E-state index in [1.165, 1.54) is 64.2 Å². The third-order valence-electron chi connectivity index (χ3n) is 15.4. The first-order chi connectivity index (χ1) is 27.9. The van der Waals surface area contributed by atoms with Gasteiger partial charge in [0.15, 0.2) is 24.3 Å². The van der Waals surface area contributed by atoms with E-state index in [4.69, 9.17) is 18.9 Å². The van der Waals surface area contributed by atoms with Crippen LogP contribution in [0.4, 0.5) is 0 Å². The molecule has 0 bridgehead atoms. The summed E-state index contributed by atoms with van der Waals surface area (Å²) in [6.07, 6.45) is 32.9. The topological polar surface area (TPSA) is 105 Å². The van der Waals surface area contributed by atoms with Gasteiger partial charge in [0.1, 0.15) is 6.10 Å². The number of hydrogen-bond acceptors (Lipinski definition) is 8. The minimum atomic E-state index is -1.32. The first kappa shape index (κ1) is 45.0. The van der Waals surface area contributed by atoms with E-state index < -0.39 is 40.9 Å². The average Bonchev–Trinajstić information content (AvgIpc) is 3.71. The number of carbonyl (C=O) groups is 4. The third-order valence-corrected chi connectivity index (χ3v) is 15.4. The lowest BCUT2D eigenvalue weighted by Gasteiger charge is -2.59. The van der Waals surface area contributed by atoms with Gasteiger partial charge in [0, 0.05) is 35.5 Å². The smallest absolute Gasteiger partial charge is 0.308 e. The van der Waals surface area contributed by atoms with E-state index in [0.717, 1.165) is 63.4 Å². The largest absolute Gasteiger partial charge is 0.462 e. The molecule has 0 N–H and O–H groups in total. The molecular weight excluding hydrogens is 729 g/mol. The highest BCUT2D eigenvalue weighted by molar-refractivity contribution is 5.94. The Kier molecular flexibility index (Phi) is 15.8. The first-order valence-electron chi connectivity index (χ1n) is 23.7. The summed E-state index contributed by atoms with van der Waals surface area (Å²) in [5.74, 6) is -0.844. The lowest BCUT2D eigenvalue weighted by molar-refractivity contribution is -0.214. The van der Waals surface area contributed by atoms with E-state index in [-0.39, 0.29) is 53.7 Å². The minimum Gasteiger partial charge on any atom is -0.462 e. The Bertz CT molecular complexity index is 1520. The molecule has 0 unspecified atom stereocenters. The van der Waals surface area contributed by atoms with Gasteiger partial charge in [0.05, 0.1) is 12.0 Å². The number of allylic oxidation sites excluding steroid dienone is 6. The van der Waals surface area contributed by atoms with Crippen molar-refractivity contribution in [2.24, 2.45) is 40.4 Å². The number of carbonyl (C=O) groups excluding carboxylic acids is 4. The molecule has 3 saturated carbocycles. The number of rotatable bonds is 21. The Labute approximate surface area is 350 Å². The molecule has 0 aromatic rings. The molecule has 8 nitrogen and oxygen atoms in total. The van der Waals surface area contributed by atoms with E-state index in [9.17, 15) is 19.2 Å². The number of fused-ring (bicyclic) bond motifs is 7. The quantitative estimate of drug-likeness (QED) is 0.0641. The van der Waals surface area contributed by atoms with Crippen LogP contribution in [0.25, 0.3) is 0 Å². The highest BCUT2D eigenvalue weighted by Crippen LogP contribution is 2.70. The van der Waals surface area contributed by atoms with Gasteiger partial charge in [0.2, 0.25) is 5.78 Å². The molecule has 0 aromatic carbocycles. The minimum absolute atomic E-state index is 0.0393. The van der Waals surface area contributed by atoms with Crippen LogP contribution in [0.2, 0.25) is 0 Å². The summed E-state index contributed by atoms with van der Waals surface area (Å²) in [5, 5.41) is 0. The van der Waals surface area contributed by atoms with Gasteiger partial charge < -0.3 is 18.9 Å². The van der Waals surface area contributed by atoms with Crippen molar-refractivity contribution in [3.05, 3.63) is 36.0 Å². The van der Waals surface area contributed by atoms with Crippen molar-refractivity contribution in [2.45, 2.75) is 206 Å². The highest BCUT2D eigenvalue weighted by Gasteiger charge is 2.76. The molecule has 8 heteroatoms. The van der Waals surface area contributed by atoms with Crippen LogP contribution < -0.4 is 0 Å². The lowest BCUT2D eigenvalue weighted by atomic mass is 9.46. The van der Waals surface area contributed by atoms with Crippen LogP contribution in [0.3, 0.4) is 0 Å². The zero-order valence-corrected chi connectivity index (χ0v) is 36.7. The maximum Gasteiger partial charge on any atom is 0.308 e. The van der Waals surface area contributed by atoms with E-state index in [0.29, 0.717) is 25.7 Å². The summed E-state index contributed by atoms with van der Waals surface area (Å²) in [7, 11) is 0. The summed E-state index contributed by atoms with van der Waals surface area (Å²) in [6.45, 7) is 9.80. The second-order valence-electron chi connectivity index (χ2n) is 19.7. The predicted octanol–water partition coefficient (Wildman–Crippen LogP) is 11.3. The summed E-state index contributed by atoms with van der Waals surface area (Å²) < 4.78 is 26.2. The van der Waals surface area contributed by atoms with Crippen LogP contribution in [-0.2, 0) is 38.1 Å². The number of Topliss-reactive ketones (excluding diaryl/α,β-unsaturated/α-hetero) is 1. The SMILES string of the molecule is CCCCCCCCCCCC=CCCCCC(=O)O[C@H]1C[C@@]2(C)[C@@H](C[C@H]3O[C@@H](C4CCCCC4)O[C@]32C(=O)COC(=O)C(C)C)[C@@H]2CC=C3CC(=O)C=C[C@]3(C)[C@H]21. The normalized spacial score (nSPS) is 34.4. The fourth-order valence-corrected chi connectivity index (χ4v) is 12.2. The van der Waals surface area contributed by atoms with Gasteiger partial charge in [0.25, 0.3) is 0 Å². The molecule has 324 valence electrons. The summed E-state index contributed by atoms with van der Waals surface area (Å²) in [4.78, 5) is 54.0. The van der Waals surface area contributed by atoms with Gasteiger partial charge in [-0.05, 0) is 82.1 Å². The molecule has 58 heavy (non-hydrogen) atoms. The number of unbranched alkanes of at least 4 members (excludes halogenated alkanes) is 11. The molecule has 0 aromatic heterocycles. The molecule has 1 heterocycles. The zero-order valence-electron chi connectivity index (χ0n) is 36.7. The fourth-order valence-electron chi connectivity index (χ4n) is 12.2. The second-order valence-corrected chi connectivity index (χ2v) is 19.7. The van der Waals surface area contributed by atoms with Gasteiger partial charge in [-0.3, -0.25) is 19.2 Å². The number of esters is 2. The molecule has 6 aliphatic rings. The second kappa shape index (κ2) is 20.3. The Morgan fingerprint density at radius 2 is 1.59 bits per heavy atom. The van der Waals surface area contributed by atoms with Crippen molar-refractivity contribution in [1.82, 2.24) is 0 Å². The van der Waals surface area contributed by atoms with Crippen LogP contribution in [-0.4, -0.2) is 54.2 Å². The Balaban J connectivity index is 1.14. The predicted molar refractivity (Wildman–Crippen MR) is 227 cm³/mol. The van der Waals surface area contributed by atoms with Crippen LogP contribution >= 0.6 is 0 Å². The van der Waals surface area contributed by atoms with Crippen molar-refractivity contribution in [3.63, 3.8) is 0 Å². The van der Waals surface area contributed by atoms with Gasteiger partial charge >= 0.3 is 11.9 Å². The van der Waals surface area contributed by atoms with Gasteiger partial charge in [-0.25, -0.2) is 0 Å². The van der Waals surface area contributed by atoms with Crippen molar-refractivity contribution in [3.8, 4) is 0 Å². The Hall–Kier alpha value is -2.58. The Morgan fingerprint density at radius 1 is 0.914 bits per heavy atom. The monoisotopic (exact) mass is 805 g/mol. The summed E-state index contributed by atoms with van der Waals surface area (Å²) in [5.41, 5.74) is -1.40. The number of ketones is 2. The van der Waals surface area contributed by atoms with E-state index >= 15 is 0 Å². The van der Waals surface area contributed by atoms with Crippen LogP contribution in [0.15, 0.2) is 36.0 Å². The molecule has 4 fully saturated rings. The molecular formula is C50H76O8. The summed E-state index contributed by atoms with van der Waals surface area (Å²) >= 11 is 0. The molecule has 1 aliphatic heterocycles.